The van der Waals surface area contributed by atoms with Gasteiger partial charge in [-0.2, -0.15) is 4.98 Å². The van der Waals surface area contributed by atoms with Crippen LogP contribution in [0.4, 0.5) is 0 Å². The van der Waals surface area contributed by atoms with Gasteiger partial charge in [-0.3, -0.25) is 0 Å². The van der Waals surface area contributed by atoms with E-state index in [1.54, 1.807) is 11.8 Å². The Morgan fingerprint density at radius 1 is 1.25 bits per heavy atom. The maximum absolute atomic E-state index is 5.32. The Balaban J connectivity index is 1.89. The summed E-state index contributed by atoms with van der Waals surface area (Å²) in [6, 6.07) is 10.6. The Morgan fingerprint density at radius 3 is 2.65 bits per heavy atom. The first-order valence-electron chi connectivity index (χ1n) is 6.85. The van der Waals surface area contributed by atoms with Crippen LogP contribution in [0, 0.1) is 5.92 Å². The van der Waals surface area contributed by atoms with E-state index in [-0.39, 0.29) is 0 Å². The van der Waals surface area contributed by atoms with Gasteiger partial charge in [-0.25, -0.2) is 0 Å². The highest BCUT2D eigenvalue weighted by atomic mass is 32.2. The van der Waals surface area contributed by atoms with Crippen molar-refractivity contribution in [2.45, 2.75) is 37.0 Å². The smallest absolute Gasteiger partial charge is 0.228 e. The molecule has 20 heavy (non-hydrogen) atoms. The molecule has 0 aliphatic rings. The number of benzene rings is 1. The van der Waals surface area contributed by atoms with Crippen LogP contribution < -0.4 is 5.32 Å². The van der Waals surface area contributed by atoms with Crippen molar-refractivity contribution in [2.24, 2.45) is 5.92 Å². The lowest BCUT2D eigenvalue weighted by Gasteiger charge is -2.17. The van der Waals surface area contributed by atoms with Gasteiger partial charge in [-0.05, 0) is 25.1 Å². The van der Waals surface area contributed by atoms with Gasteiger partial charge < -0.3 is 9.84 Å². The lowest BCUT2D eigenvalue weighted by molar-refractivity contribution is 0.333. The molecule has 0 fully saturated rings. The fourth-order valence-corrected chi connectivity index (χ4v) is 2.72. The van der Waals surface area contributed by atoms with Crippen molar-refractivity contribution < 1.29 is 4.52 Å². The molecule has 0 saturated heterocycles. The first-order chi connectivity index (χ1) is 9.69. The molecule has 1 atom stereocenters. The molecule has 1 aromatic heterocycles. The highest BCUT2D eigenvalue weighted by molar-refractivity contribution is 7.98. The Kier molecular flexibility index (Phi) is 5.61. The summed E-state index contributed by atoms with van der Waals surface area (Å²) in [6.45, 7) is 4.37. The summed E-state index contributed by atoms with van der Waals surface area (Å²) in [5, 5.41) is 7.33. The summed E-state index contributed by atoms with van der Waals surface area (Å²) < 4.78 is 5.32. The molecule has 1 N–H and O–H groups in total. The summed E-state index contributed by atoms with van der Waals surface area (Å²) in [5.41, 5.74) is 0. The van der Waals surface area contributed by atoms with Crippen molar-refractivity contribution in [3.63, 3.8) is 0 Å². The van der Waals surface area contributed by atoms with E-state index in [0.29, 0.717) is 17.9 Å². The number of nitrogens with zero attached hydrogens (tertiary/aromatic N) is 2. The summed E-state index contributed by atoms with van der Waals surface area (Å²) in [6.07, 6.45) is 0.775. The predicted molar refractivity (Wildman–Crippen MR) is 81.7 cm³/mol. The number of hydrogen-bond acceptors (Lipinski definition) is 5. The molecule has 2 rings (SSSR count). The van der Waals surface area contributed by atoms with Gasteiger partial charge in [0.1, 0.15) is 0 Å². The fraction of sp³-hybridized carbons (Fsp3) is 0.467. The van der Waals surface area contributed by atoms with E-state index < -0.39 is 0 Å². The van der Waals surface area contributed by atoms with Crippen molar-refractivity contribution in [3.8, 4) is 0 Å². The van der Waals surface area contributed by atoms with Crippen LogP contribution in [0.25, 0.3) is 0 Å². The van der Waals surface area contributed by atoms with E-state index >= 15 is 0 Å². The lowest BCUT2D eigenvalue weighted by Crippen LogP contribution is -2.32. The van der Waals surface area contributed by atoms with E-state index in [1.165, 1.54) is 4.90 Å². The molecule has 0 spiro atoms. The number of likely N-dealkylation sites (N-methyl/N-ethyl adjacent to an activating group) is 1. The first kappa shape index (κ1) is 15.1. The molecule has 2 aromatic rings. The van der Waals surface area contributed by atoms with Gasteiger partial charge in [0.05, 0.1) is 5.75 Å². The van der Waals surface area contributed by atoms with Crippen molar-refractivity contribution in [3.05, 3.63) is 42.0 Å². The highest BCUT2D eigenvalue weighted by Gasteiger charge is 2.16. The molecule has 0 aliphatic carbocycles. The third-order valence-corrected chi connectivity index (χ3v) is 4.20. The van der Waals surface area contributed by atoms with Crippen molar-refractivity contribution in [1.29, 1.82) is 0 Å². The van der Waals surface area contributed by atoms with Crippen LogP contribution in [0.3, 0.4) is 0 Å². The zero-order valence-corrected chi connectivity index (χ0v) is 13.0. The number of hydrogen-bond donors (Lipinski definition) is 1. The summed E-state index contributed by atoms with van der Waals surface area (Å²) in [7, 11) is 1.97. The zero-order chi connectivity index (χ0) is 14.4. The van der Waals surface area contributed by atoms with Crippen LogP contribution in [-0.4, -0.2) is 23.2 Å². The largest absolute Gasteiger partial charge is 0.339 e. The number of aromatic nitrogens is 2. The number of nitrogens with one attached hydrogen (secondary N) is 1. The lowest BCUT2D eigenvalue weighted by atomic mass is 10.0. The minimum Gasteiger partial charge on any atom is -0.339 e. The molecule has 1 heterocycles. The molecular formula is C15H21N3OS. The standard InChI is InChI=1S/C15H21N3OS/c1-11(2)13(16-3)9-15-17-14(18-19-15)10-20-12-7-5-4-6-8-12/h4-8,11,13,16H,9-10H2,1-3H3. The predicted octanol–water partition coefficient (Wildman–Crippen LogP) is 3.15. The van der Waals surface area contributed by atoms with Crippen molar-refractivity contribution in [1.82, 2.24) is 15.5 Å². The molecule has 1 unspecified atom stereocenters. The third kappa shape index (κ3) is 4.35. The average molecular weight is 291 g/mol. The van der Waals surface area contributed by atoms with Gasteiger partial charge in [-0.15, -0.1) is 11.8 Å². The quantitative estimate of drug-likeness (QED) is 0.794. The second kappa shape index (κ2) is 7.45. The Hall–Kier alpha value is -1.33. The van der Waals surface area contributed by atoms with Crippen LogP contribution in [0.2, 0.25) is 0 Å². The SMILES string of the molecule is CNC(Cc1nc(CSc2ccccc2)no1)C(C)C. The van der Waals surface area contributed by atoms with E-state index in [1.807, 2.05) is 25.2 Å². The van der Waals surface area contributed by atoms with Gasteiger partial charge in [0.25, 0.3) is 0 Å². The Labute approximate surface area is 124 Å². The van der Waals surface area contributed by atoms with Crippen LogP contribution in [0.5, 0.6) is 0 Å². The van der Waals surface area contributed by atoms with Crippen molar-refractivity contribution >= 4 is 11.8 Å². The zero-order valence-electron chi connectivity index (χ0n) is 12.2. The maximum Gasteiger partial charge on any atom is 0.228 e. The first-order valence-corrected chi connectivity index (χ1v) is 7.84. The van der Waals surface area contributed by atoms with Gasteiger partial charge in [0.2, 0.25) is 5.89 Å². The fourth-order valence-electron chi connectivity index (χ4n) is 1.96. The summed E-state index contributed by atoms with van der Waals surface area (Å²) in [4.78, 5) is 5.67. The van der Waals surface area contributed by atoms with Gasteiger partial charge in [-0.1, -0.05) is 37.2 Å². The van der Waals surface area contributed by atoms with Crippen LogP contribution >= 0.6 is 11.8 Å². The average Bonchev–Trinajstić information content (AvgIpc) is 2.91. The van der Waals surface area contributed by atoms with E-state index in [0.717, 1.165) is 18.0 Å². The third-order valence-electron chi connectivity index (χ3n) is 3.19. The topological polar surface area (TPSA) is 51.0 Å². The van der Waals surface area contributed by atoms with Gasteiger partial charge in [0, 0.05) is 17.4 Å². The van der Waals surface area contributed by atoms with Crippen LogP contribution in [-0.2, 0) is 12.2 Å². The molecule has 1 aromatic carbocycles. The minimum atomic E-state index is 0.366. The van der Waals surface area contributed by atoms with E-state index in [2.05, 4.69) is 41.4 Å². The number of rotatable bonds is 7. The minimum absolute atomic E-state index is 0.366. The molecule has 0 saturated carbocycles. The normalized spacial score (nSPS) is 12.8. The van der Waals surface area contributed by atoms with Gasteiger partial charge >= 0.3 is 0 Å². The van der Waals surface area contributed by atoms with Crippen LogP contribution in [0.15, 0.2) is 39.8 Å². The summed E-state index contributed by atoms with van der Waals surface area (Å²) >= 11 is 1.72. The number of thioether (sulfide) groups is 1. The van der Waals surface area contributed by atoms with E-state index in [4.69, 9.17) is 4.52 Å². The molecule has 0 radical (unpaired) electrons. The Morgan fingerprint density at radius 2 is 2.00 bits per heavy atom. The molecule has 0 bridgehead atoms. The summed E-state index contributed by atoms with van der Waals surface area (Å²) in [5.74, 6) is 2.74. The molecule has 108 valence electrons. The second-order valence-corrected chi connectivity index (χ2v) is 6.10. The van der Waals surface area contributed by atoms with Crippen molar-refractivity contribution in [2.75, 3.05) is 7.05 Å². The molecule has 0 amide bonds. The molecule has 5 heteroatoms. The Bertz CT molecular complexity index is 513. The van der Waals surface area contributed by atoms with Crippen LogP contribution in [0.1, 0.15) is 25.6 Å². The monoisotopic (exact) mass is 291 g/mol. The second-order valence-electron chi connectivity index (χ2n) is 5.05. The van der Waals surface area contributed by atoms with Gasteiger partial charge in [0.15, 0.2) is 5.82 Å². The molecule has 0 aliphatic heterocycles. The maximum atomic E-state index is 5.32. The highest BCUT2D eigenvalue weighted by Crippen LogP contribution is 2.21. The van der Waals surface area contributed by atoms with E-state index in [9.17, 15) is 0 Å². The molecule has 4 nitrogen and oxygen atoms in total. The molecular weight excluding hydrogens is 270 g/mol.